The number of nitrogens with two attached hydrogens (primary N) is 2. The molecule has 14 nitrogen and oxygen atoms in total. The number of unbranched alkanes of at least 4 members (excludes halogenated alkanes) is 1. The number of carbonyl (C=O) groups is 5. The maximum Gasteiger partial charge on any atom is 0.326 e. The summed E-state index contributed by atoms with van der Waals surface area (Å²) >= 11 is 0. The Morgan fingerprint density at radius 2 is 1.54 bits per heavy atom. The van der Waals surface area contributed by atoms with Crippen molar-refractivity contribution in [1.82, 2.24) is 21.3 Å². The lowest BCUT2D eigenvalue weighted by Gasteiger charge is -2.21. The Hall–Kier alpha value is -3.99. The molecule has 0 aliphatic rings. The Balaban J connectivity index is 1.94. The van der Waals surface area contributed by atoms with Crippen LogP contribution < -0.4 is 37.5 Å². The number of aromatic hydroxyl groups is 1. The molecule has 0 aliphatic carbocycles. The molecule has 0 radical (unpaired) electrons. The van der Waals surface area contributed by atoms with Crippen LogP contribution in [0.25, 0.3) is 0 Å². The molecule has 252 valence electrons. The predicted octanol–water partition coefficient (Wildman–Crippen LogP) is 0.515. The van der Waals surface area contributed by atoms with Crippen molar-refractivity contribution in [3.63, 3.8) is 0 Å². The first-order chi connectivity index (χ1) is 21.9. The monoisotopic (exact) mass is 678 g/mol. The SMILES string of the molecule is COc1ccc(SSC[C@H](N)C(=O)N[C@@H](Cc2ccc(O)cc2)C(=O)NCC(=O)N[C@@H](C)C(=O)N[C@@H](CCCCN)C(=O)O)cc1. The molecule has 16 heteroatoms. The van der Waals surface area contributed by atoms with Crippen LogP contribution in [0.2, 0.25) is 0 Å². The van der Waals surface area contributed by atoms with Crippen LogP contribution in [-0.4, -0.2) is 89.9 Å². The standard InChI is InChI=1S/C30H42N6O8S2/c1-18(27(39)35-24(30(42)43)5-3-4-14-31)34-26(38)16-33-29(41)25(15-19-6-8-20(37)9-7-19)36-28(40)23(32)17-45-46-22-12-10-21(44-2)11-13-22/h6-13,18,23-25,37H,3-5,14-17,31-32H2,1-2H3,(H,33,41)(H,34,38)(H,35,39)(H,36,40)(H,42,43)/t18-,23-,24-,25-/m0/s1. The molecular weight excluding hydrogens is 636 g/mol. The lowest BCUT2D eigenvalue weighted by Crippen LogP contribution is -2.55. The average Bonchev–Trinajstić information content (AvgIpc) is 3.03. The lowest BCUT2D eigenvalue weighted by atomic mass is 10.0. The maximum absolute atomic E-state index is 13.1. The zero-order valence-corrected chi connectivity index (χ0v) is 27.3. The van der Waals surface area contributed by atoms with Crippen molar-refractivity contribution >= 4 is 51.2 Å². The van der Waals surface area contributed by atoms with Gasteiger partial charge in [-0.25, -0.2) is 4.79 Å². The van der Waals surface area contributed by atoms with Gasteiger partial charge in [0.1, 0.15) is 29.6 Å². The first-order valence-corrected chi connectivity index (χ1v) is 16.8. The fourth-order valence-electron chi connectivity index (χ4n) is 3.93. The van der Waals surface area contributed by atoms with Gasteiger partial charge in [-0.3, -0.25) is 19.2 Å². The third kappa shape index (κ3) is 14.0. The second kappa shape index (κ2) is 20.2. The Labute approximate surface area is 275 Å². The van der Waals surface area contributed by atoms with Crippen LogP contribution in [0.15, 0.2) is 53.4 Å². The molecule has 0 aliphatic heterocycles. The number of phenols is 1. The second-order valence-electron chi connectivity index (χ2n) is 10.3. The van der Waals surface area contributed by atoms with E-state index >= 15 is 0 Å². The molecule has 0 saturated carbocycles. The maximum atomic E-state index is 13.1. The second-order valence-corrected chi connectivity index (χ2v) is 12.7. The molecular formula is C30H42N6O8S2. The molecule has 0 fully saturated rings. The number of phenolic OH excluding ortho intramolecular Hbond substituents is 1. The van der Waals surface area contributed by atoms with Crippen molar-refractivity contribution in [2.45, 2.75) is 61.7 Å². The zero-order chi connectivity index (χ0) is 34.1. The summed E-state index contributed by atoms with van der Waals surface area (Å²) in [4.78, 5) is 63.5. The summed E-state index contributed by atoms with van der Waals surface area (Å²) < 4.78 is 5.14. The van der Waals surface area contributed by atoms with Crippen LogP contribution in [0.4, 0.5) is 0 Å². The number of methoxy groups -OCH3 is 1. The minimum Gasteiger partial charge on any atom is -0.508 e. The number of amides is 4. The highest BCUT2D eigenvalue weighted by Crippen LogP contribution is 2.32. The number of ether oxygens (including phenoxy) is 1. The predicted molar refractivity (Wildman–Crippen MR) is 176 cm³/mol. The first kappa shape index (κ1) is 38.2. The summed E-state index contributed by atoms with van der Waals surface area (Å²) in [5, 5.41) is 28.9. The number of benzene rings is 2. The van der Waals surface area contributed by atoms with Gasteiger partial charge in [0.25, 0.3) is 0 Å². The summed E-state index contributed by atoms with van der Waals surface area (Å²) in [7, 11) is 4.38. The molecule has 0 bridgehead atoms. The van der Waals surface area contributed by atoms with Gasteiger partial charge in [-0.2, -0.15) is 0 Å². The van der Waals surface area contributed by atoms with Crippen LogP contribution in [0.5, 0.6) is 11.5 Å². The Bertz CT molecular complexity index is 1300. The van der Waals surface area contributed by atoms with Crippen LogP contribution in [0.3, 0.4) is 0 Å². The number of nitrogens with one attached hydrogen (secondary N) is 4. The summed E-state index contributed by atoms with van der Waals surface area (Å²) in [6, 6.07) is 9.19. The minimum atomic E-state index is -1.20. The highest BCUT2D eigenvalue weighted by atomic mass is 33.1. The van der Waals surface area contributed by atoms with Gasteiger partial charge in [-0.15, -0.1) is 0 Å². The van der Waals surface area contributed by atoms with E-state index in [0.29, 0.717) is 24.9 Å². The van der Waals surface area contributed by atoms with Gasteiger partial charge < -0.3 is 47.7 Å². The van der Waals surface area contributed by atoms with Gasteiger partial charge in [0, 0.05) is 17.1 Å². The van der Waals surface area contributed by atoms with E-state index in [2.05, 4.69) is 21.3 Å². The third-order valence-corrected chi connectivity index (χ3v) is 8.98. The molecule has 2 rings (SSSR count). The molecule has 10 N–H and O–H groups in total. The van der Waals surface area contributed by atoms with Crippen LogP contribution in [0.1, 0.15) is 31.7 Å². The van der Waals surface area contributed by atoms with E-state index in [-0.39, 0.29) is 24.3 Å². The van der Waals surface area contributed by atoms with E-state index < -0.39 is 60.3 Å². The van der Waals surface area contributed by atoms with E-state index in [1.165, 1.54) is 40.6 Å². The average molecular weight is 679 g/mol. The van der Waals surface area contributed by atoms with Crippen molar-refractivity contribution in [3.8, 4) is 11.5 Å². The summed E-state index contributed by atoms with van der Waals surface area (Å²) in [5.74, 6) is -2.86. The van der Waals surface area contributed by atoms with E-state index in [1.807, 2.05) is 24.3 Å². The molecule has 0 saturated heterocycles. The first-order valence-electron chi connectivity index (χ1n) is 14.5. The van der Waals surface area contributed by atoms with Crippen molar-refractivity contribution < 1.29 is 38.9 Å². The van der Waals surface area contributed by atoms with Gasteiger partial charge in [0.2, 0.25) is 23.6 Å². The number of rotatable bonds is 20. The fourth-order valence-corrected chi connectivity index (χ4v) is 6.07. The third-order valence-electron chi connectivity index (χ3n) is 6.56. The lowest BCUT2D eigenvalue weighted by molar-refractivity contribution is -0.142. The molecule has 0 aromatic heterocycles. The number of carboxylic acid groups (broad SMARTS) is 1. The molecule has 0 heterocycles. The van der Waals surface area contributed by atoms with Crippen molar-refractivity contribution in [2.75, 3.05) is 26.0 Å². The van der Waals surface area contributed by atoms with E-state index in [9.17, 15) is 34.2 Å². The number of hydrogen-bond donors (Lipinski definition) is 8. The summed E-state index contributed by atoms with van der Waals surface area (Å²) in [6.07, 6.45) is 1.34. The number of carboxylic acids is 1. The van der Waals surface area contributed by atoms with Crippen molar-refractivity contribution in [3.05, 3.63) is 54.1 Å². The van der Waals surface area contributed by atoms with Crippen molar-refractivity contribution in [2.24, 2.45) is 11.5 Å². The van der Waals surface area contributed by atoms with Gasteiger partial charge in [0.05, 0.1) is 19.7 Å². The van der Waals surface area contributed by atoms with Crippen LogP contribution in [-0.2, 0) is 30.4 Å². The quantitative estimate of drug-likeness (QED) is 0.0707. The van der Waals surface area contributed by atoms with Gasteiger partial charge in [0.15, 0.2) is 0 Å². The molecule has 46 heavy (non-hydrogen) atoms. The fraction of sp³-hybridized carbons (Fsp3) is 0.433. The minimum absolute atomic E-state index is 0.0299. The zero-order valence-electron chi connectivity index (χ0n) is 25.7. The Morgan fingerprint density at radius 1 is 0.891 bits per heavy atom. The van der Waals surface area contributed by atoms with Gasteiger partial charge in [-0.05, 0) is 74.7 Å². The normalized spacial score (nSPS) is 13.4. The number of carbonyl (C=O) groups excluding carboxylic acids is 4. The highest BCUT2D eigenvalue weighted by molar-refractivity contribution is 8.76. The van der Waals surface area contributed by atoms with E-state index in [4.69, 9.17) is 16.2 Å². The molecule has 2 aromatic rings. The Kier molecular flexibility index (Phi) is 16.8. The topological polar surface area (TPSA) is 235 Å². The molecule has 4 amide bonds. The molecule has 2 aromatic carbocycles. The van der Waals surface area contributed by atoms with E-state index in [0.717, 1.165) is 10.6 Å². The molecule has 0 unspecified atom stereocenters. The molecule has 0 spiro atoms. The highest BCUT2D eigenvalue weighted by Gasteiger charge is 2.26. The number of aliphatic carboxylic acids is 1. The van der Waals surface area contributed by atoms with E-state index in [1.54, 1.807) is 19.2 Å². The van der Waals surface area contributed by atoms with Gasteiger partial charge >= 0.3 is 5.97 Å². The smallest absolute Gasteiger partial charge is 0.326 e. The van der Waals surface area contributed by atoms with Crippen LogP contribution >= 0.6 is 21.6 Å². The number of hydrogen-bond acceptors (Lipinski definition) is 11. The Morgan fingerprint density at radius 3 is 2.15 bits per heavy atom. The largest absolute Gasteiger partial charge is 0.508 e. The molecule has 4 atom stereocenters. The summed E-state index contributed by atoms with van der Waals surface area (Å²) in [6.45, 7) is 1.26. The van der Waals surface area contributed by atoms with Gasteiger partial charge in [-0.1, -0.05) is 33.7 Å². The van der Waals surface area contributed by atoms with Crippen LogP contribution in [0, 0.1) is 0 Å². The van der Waals surface area contributed by atoms with Crippen molar-refractivity contribution in [1.29, 1.82) is 0 Å². The summed E-state index contributed by atoms with van der Waals surface area (Å²) in [5.41, 5.74) is 12.2.